The van der Waals surface area contributed by atoms with Gasteiger partial charge in [-0.25, -0.2) is 0 Å². The molecule has 0 saturated heterocycles. The Balaban J connectivity index is 1.67. The Bertz CT molecular complexity index is 774. The van der Waals surface area contributed by atoms with Gasteiger partial charge in [0, 0.05) is 0 Å². The standard InChI is InChI=1S/C22H19BrSe2/c23-18-13-11-17(12-14-18)21-15-16-22(21,24-19-7-3-1-4-8-19)25-20-9-5-2-6-10-20/h1-14,21H,15-16H2. The van der Waals surface area contributed by atoms with Crippen molar-refractivity contribution in [2.75, 3.05) is 0 Å². The fourth-order valence-electron chi connectivity index (χ4n) is 3.28. The third-order valence-corrected chi connectivity index (χ3v) is 12.6. The Morgan fingerprint density at radius 2 is 1.24 bits per heavy atom. The zero-order valence-electron chi connectivity index (χ0n) is 13.8. The Morgan fingerprint density at radius 3 is 1.68 bits per heavy atom. The van der Waals surface area contributed by atoms with Crippen LogP contribution in [0.2, 0.25) is 3.21 Å². The van der Waals surface area contributed by atoms with Crippen LogP contribution in [0.4, 0.5) is 0 Å². The van der Waals surface area contributed by atoms with Crippen LogP contribution in [0.25, 0.3) is 0 Å². The second-order valence-corrected chi connectivity index (χ2v) is 14.4. The van der Waals surface area contributed by atoms with E-state index in [2.05, 4.69) is 101 Å². The topological polar surface area (TPSA) is 0 Å². The van der Waals surface area contributed by atoms with Gasteiger partial charge in [0.2, 0.25) is 0 Å². The molecule has 1 fully saturated rings. The number of rotatable bonds is 5. The number of hydrogen-bond acceptors (Lipinski definition) is 0. The van der Waals surface area contributed by atoms with Crippen molar-refractivity contribution in [3.8, 4) is 0 Å². The first-order valence-corrected chi connectivity index (χ1v) is 12.7. The van der Waals surface area contributed by atoms with Gasteiger partial charge in [0.15, 0.2) is 0 Å². The summed E-state index contributed by atoms with van der Waals surface area (Å²) in [4.78, 5) is 0. The maximum atomic E-state index is 3.58. The van der Waals surface area contributed by atoms with Crippen molar-refractivity contribution >= 4 is 54.8 Å². The molecule has 0 radical (unpaired) electrons. The SMILES string of the molecule is Brc1ccc(C2CCC2([Se]c2ccccc2)[Se]c2ccccc2)cc1. The zero-order valence-corrected chi connectivity index (χ0v) is 18.8. The summed E-state index contributed by atoms with van der Waals surface area (Å²) < 4.78 is 4.70. The average molecular weight is 521 g/mol. The molecule has 0 N–H and O–H groups in total. The second-order valence-electron chi connectivity index (χ2n) is 6.28. The molecule has 0 amide bonds. The van der Waals surface area contributed by atoms with Gasteiger partial charge in [-0.2, -0.15) is 0 Å². The van der Waals surface area contributed by atoms with Crippen molar-refractivity contribution in [2.45, 2.75) is 22.0 Å². The molecule has 0 nitrogen and oxygen atoms in total. The van der Waals surface area contributed by atoms with Gasteiger partial charge in [-0.3, -0.25) is 0 Å². The van der Waals surface area contributed by atoms with Crippen molar-refractivity contribution < 1.29 is 0 Å². The molecule has 4 rings (SSSR count). The molecule has 3 aromatic rings. The number of hydrogen-bond donors (Lipinski definition) is 0. The molecule has 1 aliphatic rings. The predicted molar refractivity (Wildman–Crippen MR) is 112 cm³/mol. The van der Waals surface area contributed by atoms with Crippen molar-refractivity contribution in [2.24, 2.45) is 0 Å². The van der Waals surface area contributed by atoms with Gasteiger partial charge >= 0.3 is 172 Å². The molecule has 0 spiro atoms. The van der Waals surface area contributed by atoms with Gasteiger partial charge in [-0.1, -0.05) is 0 Å². The van der Waals surface area contributed by atoms with Crippen LogP contribution < -0.4 is 8.92 Å². The molecular weight excluding hydrogens is 502 g/mol. The van der Waals surface area contributed by atoms with E-state index in [4.69, 9.17) is 0 Å². The van der Waals surface area contributed by atoms with Crippen LogP contribution in [0.1, 0.15) is 24.3 Å². The molecule has 0 bridgehead atoms. The van der Waals surface area contributed by atoms with Crippen LogP contribution in [-0.4, -0.2) is 29.9 Å². The van der Waals surface area contributed by atoms with Gasteiger partial charge in [0.05, 0.1) is 0 Å². The van der Waals surface area contributed by atoms with Crippen molar-refractivity contribution in [1.82, 2.24) is 0 Å². The molecule has 3 aromatic carbocycles. The summed E-state index contributed by atoms with van der Waals surface area (Å²) in [7, 11) is 0. The third-order valence-electron chi connectivity index (χ3n) is 4.65. The van der Waals surface area contributed by atoms with E-state index in [9.17, 15) is 0 Å². The monoisotopic (exact) mass is 522 g/mol. The first-order chi connectivity index (χ1) is 12.3. The Hall–Kier alpha value is -0.821. The van der Waals surface area contributed by atoms with Gasteiger partial charge in [0.1, 0.15) is 0 Å². The molecule has 0 aromatic heterocycles. The average Bonchev–Trinajstić information content (AvgIpc) is 2.64. The van der Waals surface area contributed by atoms with Crippen molar-refractivity contribution in [3.05, 3.63) is 95.0 Å². The third kappa shape index (κ3) is 3.97. The summed E-state index contributed by atoms with van der Waals surface area (Å²) in [5.74, 6) is 0.695. The molecule has 126 valence electrons. The van der Waals surface area contributed by atoms with Crippen molar-refractivity contribution in [1.29, 1.82) is 0 Å². The summed E-state index contributed by atoms with van der Waals surface area (Å²) in [5.41, 5.74) is 1.52. The molecule has 3 heteroatoms. The minimum atomic E-state index is 0.455. The summed E-state index contributed by atoms with van der Waals surface area (Å²) in [5, 5.41) is 0. The molecule has 1 aliphatic carbocycles. The summed E-state index contributed by atoms with van der Waals surface area (Å²) >= 11 is 4.58. The molecule has 1 unspecified atom stereocenters. The molecule has 0 heterocycles. The fraction of sp³-hybridized carbons (Fsp3) is 0.182. The maximum absolute atomic E-state index is 3.58. The predicted octanol–water partition coefficient (Wildman–Crippen LogP) is 4.50. The minimum absolute atomic E-state index is 0.455. The first-order valence-electron chi connectivity index (χ1n) is 8.49. The number of benzene rings is 3. The number of halogens is 1. The van der Waals surface area contributed by atoms with E-state index in [1.54, 1.807) is 0 Å². The zero-order chi connectivity index (χ0) is 17.1. The molecule has 1 atom stereocenters. The molecular formula is C22H19BrSe2. The molecule has 25 heavy (non-hydrogen) atoms. The Kier molecular flexibility index (Phi) is 5.50. The molecule has 0 aliphatic heterocycles. The van der Waals surface area contributed by atoms with E-state index in [1.165, 1.54) is 31.8 Å². The normalized spacial score (nSPS) is 18.5. The van der Waals surface area contributed by atoms with Crippen LogP contribution in [-0.2, 0) is 0 Å². The van der Waals surface area contributed by atoms with Gasteiger partial charge in [-0.15, -0.1) is 0 Å². The van der Waals surface area contributed by atoms with Gasteiger partial charge in [-0.05, 0) is 0 Å². The first kappa shape index (κ1) is 17.6. The quantitative estimate of drug-likeness (QED) is 0.434. The van der Waals surface area contributed by atoms with Crippen LogP contribution >= 0.6 is 15.9 Å². The molecule has 1 saturated carbocycles. The second kappa shape index (κ2) is 7.82. The summed E-state index contributed by atoms with van der Waals surface area (Å²) in [6, 6.07) is 31.3. The van der Waals surface area contributed by atoms with E-state index >= 15 is 0 Å². The van der Waals surface area contributed by atoms with Crippen LogP contribution in [0, 0.1) is 0 Å². The summed E-state index contributed by atoms with van der Waals surface area (Å²) in [6.45, 7) is 0. The van der Waals surface area contributed by atoms with Crippen LogP contribution in [0.5, 0.6) is 0 Å². The van der Waals surface area contributed by atoms with E-state index in [-0.39, 0.29) is 0 Å². The summed E-state index contributed by atoms with van der Waals surface area (Å²) in [6.07, 6.45) is 2.68. The van der Waals surface area contributed by atoms with E-state index in [0.717, 1.165) is 0 Å². The Morgan fingerprint density at radius 1 is 0.720 bits per heavy atom. The Labute approximate surface area is 170 Å². The van der Waals surface area contributed by atoms with E-state index in [1.807, 2.05) is 0 Å². The van der Waals surface area contributed by atoms with E-state index < -0.39 is 0 Å². The van der Waals surface area contributed by atoms with Crippen LogP contribution in [0.15, 0.2) is 89.4 Å². The van der Waals surface area contributed by atoms with Crippen LogP contribution in [0.3, 0.4) is 0 Å². The van der Waals surface area contributed by atoms with Gasteiger partial charge < -0.3 is 0 Å². The van der Waals surface area contributed by atoms with E-state index in [0.29, 0.717) is 39.0 Å². The fourth-order valence-corrected chi connectivity index (χ4v) is 11.7. The van der Waals surface area contributed by atoms with Gasteiger partial charge in [0.25, 0.3) is 0 Å². The van der Waals surface area contributed by atoms with Crippen molar-refractivity contribution in [3.63, 3.8) is 0 Å².